The van der Waals surface area contributed by atoms with Gasteiger partial charge in [-0.15, -0.1) is 12.1 Å². The van der Waals surface area contributed by atoms with Crippen LogP contribution in [0, 0.1) is 6.58 Å². The summed E-state index contributed by atoms with van der Waals surface area (Å²) in [6.45, 7) is 7.22. The Morgan fingerprint density at radius 2 is 0.640 bits per heavy atom. The fourth-order valence-corrected chi connectivity index (χ4v) is 20.0. The number of rotatable bonds is 7. The predicted octanol–water partition coefficient (Wildman–Crippen LogP) is 15.6. The summed E-state index contributed by atoms with van der Waals surface area (Å²) in [7, 11) is 5.34. The molecule has 0 heterocycles. The van der Waals surface area contributed by atoms with Crippen LogP contribution in [0.5, 0.6) is 0 Å². The minimum absolute atomic E-state index is 0.385. The molecule has 6 aliphatic rings. The summed E-state index contributed by atoms with van der Waals surface area (Å²) in [6.07, 6.45) is 48.8. The Labute approximate surface area is 327 Å². The van der Waals surface area contributed by atoms with Gasteiger partial charge in [0.15, 0.2) is 0 Å². The summed E-state index contributed by atoms with van der Waals surface area (Å²) < 4.78 is 0. The molecule has 1 aromatic rings. The number of carbonyl (C=O) groups is 1. The van der Waals surface area contributed by atoms with Gasteiger partial charge in [-0.3, -0.25) is 6.58 Å². The average molecular weight is 831 g/mol. The van der Waals surface area contributed by atoms with Crippen molar-refractivity contribution in [2.45, 2.75) is 227 Å². The molecule has 0 aromatic heterocycles. The summed E-state index contributed by atoms with van der Waals surface area (Å²) in [6, 6.07) is 9.80. The first-order chi connectivity index (χ1) is 24.8. The first-order valence-corrected chi connectivity index (χ1v) is 26.7. The quantitative estimate of drug-likeness (QED) is 0.152. The van der Waals surface area contributed by atoms with Crippen molar-refractivity contribution >= 4 is 38.4 Å². The second-order valence-electron chi connectivity index (χ2n) is 16.2. The molecule has 0 N–H and O–H groups in total. The van der Waals surface area contributed by atoms with E-state index in [1.807, 2.05) is 54.4 Å². The van der Waals surface area contributed by atoms with Crippen LogP contribution in [0.3, 0.4) is 0 Å². The minimum atomic E-state index is 0.385. The van der Waals surface area contributed by atoms with Gasteiger partial charge in [-0.05, 0) is 111 Å². The maximum absolute atomic E-state index is 8.00. The van der Waals surface area contributed by atoms with Crippen molar-refractivity contribution in [2.24, 2.45) is 0 Å². The van der Waals surface area contributed by atoms with E-state index in [-0.39, 0.29) is 0 Å². The Morgan fingerprint density at radius 1 is 0.440 bits per heavy atom. The maximum atomic E-state index is 8.00. The van der Waals surface area contributed by atoms with Gasteiger partial charge < -0.3 is 4.79 Å². The van der Waals surface area contributed by atoms with Crippen LogP contribution in [-0.4, -0.2) is 40.7 Å². The number of hydrogen-bond donors (Lipinski definition) is 0. The molecule has 7 rings (SSSR count). The van der Waals surface area contributed by atoms with Crippen molar-refractivity contribution in [1.29, 1.82) is 0 Å². The zero-order valence-electron chi connectivity index (χ0n) is 32.0. The van der Waals surface area contributed by atoms with Crippen molar-refractivity contribution in [3.05, 3.63) is 42.5 Å². The SMILES string of the molecule is C1CCC(P(C2CCCCC2)C2CCCCC2)CC1.C1CCC(P(C2CCCCC2)C2CCCCC2)CC1.C=O.[CH-]=Cc1ccccc1.[Cl][Ru+]. The van der Waals surface area contributed by atoms with Crippen LogP contribution in [0.15, 0.2) is 30.3 Å². The zero-order valence-corrected chi connectivity index (χ0v) is 36.2. The molecule has 1 nitrogen and oxygen atoms in total. The second-order valence-corrected chi connectivity index (χ2v) is 22.4. The molecule has 286 valence electrons. The van der Waals surface area contributed by atoms with Gasteiger partial charge in [0.1, 0.15) is 6.79 Å². The molecule has 0 radical (unpaired) electrons. The van der Waals surface area contributed by atoms with E-state index in [1.165, 1.54) is 72.5 Å². The normalized spacial score (nSPS) is 23.5. The van der Waals surface area contributed by atoms with Gasteiger partial charge in [-0.1, -0.05) is 150 Å². The van der Waals surface area contributed by atoms with Gasteiger partial charge >= 0.3 is 27.0 Å². The van der Waals surface area contributed by atoms with E-state index in [0.29, 0.717) is 15.8 Å². The predicted molar refractivity (Wildman–Crippen MR) is 223 cm³/mol. The summed E-state index contributed by atoms with van der Waals surface area (Å²) in [5, 5.41) is 0. The van der Waals surface area contributed by atoms with E-state index >= 15 is 0 Å². The van der Waals surface area contributed by atoms with E-state index in [9.17, 15) is 0 Å². The van der Waals surface area contributed by atoms with E-state index in [4.69, 9.17) is 11.4 Å². The Balaban J connectivity index is 0.000000206. The number of benzene rings is 1. The van der Waals surface area contributed by atoms with Gasteiger partial charge in [0, 0.05) is 0 Å². The molecule has 0 unspecified atom stereocenters. The number of hydrogen-bond acceptors (Lipinski definition) is 1. The van der Waals surface area contributed by atoms with E-state index in [0.717, 1.165) is 5.56 Å². The third kappa shape index (κ3) is 16.0. The van der Waals surface area contributed by atoms with Gasteiger partial charge in [0.25, 0.3) is 0 Å². The molecular formula is C45H75ClOP2Ru. The molecule has 6 saturated carbocycles. The Hall–Kier alpha value is 0.403. The summed E-state index contributed by atoms with van der Waals surface area (Å²) >= 11 is 1.82. The molecule has 0 aliphatic heterocycles. The molecule has 0 amide bonds. The van der Waals surface area contributed by atoms with Crippen molar-refractivity contribution < 1.29 is 22.1 Å². The van der Waals surface area contributed by atoms with E-state index < -0.39 is 0 Å². The van der Waals surface area contributed by atoms with Crippen LogP contribution in [0.25, 0.3) is 6.08 Å². The van der Waals surface area contributed by atoms with Crippen molar-refractivity contribution in [3.63, 3.8) is 0 Å². The molecule has 0 bridgehead atoms. The molecule has 0 saturated heterocycles. The van der Waals surface area contributed by atoms with Crippen molar-refractivity contribution in [3.8, 4) is 0 Å². The van der Waals surface area contributed by atoms with Gasteiger partial charge in [-0.2, -0.15) is 5.56 Å². The summed E-state index contributed by atoms with van der Waals surface area (Å²) in [5.41, 5.74) is 8.20. The van der Waals surface area contributed by atoms with Crippen LogP contribution in [0.2, 0.25) is 0 Å². The second kappa shape index (κ2) is 28.8. The van der Waals surface area contributed by atoms with Crippen molar-refractivity contribution in [1.82, 2.24) is 0 Å². The van der Waals surface area contributed by atoms with Crippen LogP contribution < -0.4 is 0 Å². The monoisotopic (exact) mass is 830 g/mol. The van der Waals surface area contributed by atoms with E-state index in [1.54, 1.807) is 160 Å². The van der Waals surface area contributed by atoms with Crippen LogP contribution in [0.4, 0.5) is 0 Å². The summed E-state index contributed by atoms with van der Waals surface area (Å²) in [4.78, 5) is 8.00. The standard InChI is InChI=1S/2C18H33P.C8H7.CH2O.ClH.Ru/c2*1-4-10-16(11-5-1)19(17-12-6-2-7-13-17)18-14-8-3-9-15-18;1-2-8-6-4-3-5-7-8;1-2;;/h2*16-18H,1-15H2;1-7H;1H2;1H;/q;;-1;;;+2/p-1. The Morgan fingerprint density at radius 3 is 0.800 bits per heavy atom. The van der Waals surface area contributed by atoms with E-state index in [2.05, 4.69) is 9.69 Å². The molecule has 1 aromatic carbocycles. The summed E-state index contributed by atoms with van der Waals surface area (Å²) in [5.74, 6) is 0. The third-order valence-corrected chi connectivity index (χ3v) is 21.1. The Bertz CT molecular complexity index is 788. The van der Waals surface area contributed by atoms with Crippen LogP contribution in [-0.2, 0) is 22.1 Å². The average Bonchev–Trinajstić information content (AvgIpc) is 3.23. The number of carbonyl (C=O) groups excluding carboxylic acids is 1. The first kappa shape index (κ1) is 44.8. The molecule has 5 heteroatoms. The van der Waals surface area contributed by atoms with Gasteiger partial charge in [0.2, 0.25) is 0 Å². The fraction of sp³-hybridized carbons (Fsp3) is 0.800. The molecular weight excluding hydrogens is 755 g/mol. The zero-order chi connectivity index (χ0) is 35.7. The fourth-order valence-electron chi connectivity index (χ4n) is 10.6. The topological polar surface area (TPSA) is 17.1 Å². The van der Waals surface area contributed by atoms with Gasteiger partial charge in [0.05, 0.1) is 0 Å². The molecule has 6 fully saturated rings. The third-order valence-electron chi connectivity index (χ3n) is 13.0. The molecule has 50 heavy (non-hydrogen) atoms. The Kier molecular flexibility index (Phi) is 25.8. The molecule has 6 aliphatic carbocycles. The number of halogens is 1. The first-order valence-electron chi connectivity index (χ1n) is 21.4. The van der Waals surface area contributed by atoms with Crippen LogP contribution in [0.1, 0.15) is 198 Å². The van der Waals surface area contributed by atoms with Crippen molar-refractivity contribution in [2.75, 3.05) is 0 Å². The van der Waals surface area contributed by atoms with Crippen LogP contribution >= 0.6 is 25.5 Å². The molecule has 0 spiro atoms. The molecule has 0 atom stereocenters. The van der Waals surface area contributed by atoms with Gasteiger partial charge in [-0.25, -0.2) is 6.08 Å².